The fraction of sp³-hybridized carbons (Fsp3) is 0.714. The normalized spacial score (nSPS) is 17.7. The van der Waals surface area contributed by atoms with E-state index in [4.69, 9.17) is 9.47 Å². The van der Waals surface area contributed by atoms with E-state index >= 15 is 0 Å². The first-order chi connectivity index (χ1) is 9.61. The average molecular weight is 298 g/mol. The molecule has 1 aliphatic rings. The number of rotatable bonds is 6. The summed E-state index contributed by atoms with van der Waals surface area (Å²) in [6.07, 6.45) is 3.01. The lowest BCUT2D eigenvalue weighted by atomic mass is 9.93. The molecule has 0 bridgehead atoms. The zero-order chi connectivity index (χ0) is 14.4. The van der Waals surface area contributed by atoms with Gasteiger partial charge in [-0.2, -0.15) is 0 Å². The maximum Gasteiger partial charge on any atom is 0.306 e. The third kappa shape index (κ3) is 4.45. The number of anilines is 1. The minimum absolute atomic E-state index is 0.0640. The van der Waals surface area contributed by atoms with Crippen molar-refractivity contribution in [2.45, 2.75) is 45.1 Å². The Hall–Kier alpha value is -1.14. The van der Waals surface area contributed by atoms with Crippen molar-refractivity contribution in [1.82, 2.24) is 4.98 Å². The number of esters is 1. The number of hydrogen-bond acceptors (Lipinski definition) is 6. The molecule has 1 aromatic rings. The quantitative estimate of drug-likeness (QED) is 0.818. The lowest BCUT2D eigenvalue weighted by Crippen LogP contribution is -2.40. The van der Waals surface area contributed by atoms with Gasteiger partial charge >= 0.3 is 5.97 Å². The van der Waals surface area contributed by atoms with Gasteiger partial charge in [-0.05, 0) is 26.7 Å². The summed E-state index contributed by atoms with van der Waals surface area (Å²) in [5.74, 6) is -0.161. The van der Waals surface area contributed by atoms with Crippen LogP contribution >= 0.6 is 11.3 Å². The molecule has 1 aromatic heterocycles. The molecule has 0 radical (unpaired) electrons. The van der Waals surface area contributed by atoms with Crippen LogP contribution in [0.3, 0.4) is 0 Å². The third-order valence-corrected chi connectivity index (χ3v) is 4.25. The highest BCUT2D eigenvalue weighted by Gasteiger charge is 2.27. The number of nitrogens with one attached hydrogen (secondary N) is 1. The smallest absolute Gasteiger partial charge is 0.306 e. The molecule has 0 saturated carbocycles. The average Bonchev–Trinajstić information content (AvgIpc) is 2.84. The van der Waals surface area contributed by atoms with Crippen molar-refractivity contribution < 1.29 is 14.3 Å². The van der Waals surface area contributed by atoms with Crippen LogP contribution in [0.2, 0.25) is 0 Å². The second-order valence-electron chi connectivity index (χ2n) is 5.25. The zero-order valence-electron chi connectivity index (χ0n) is 12.1. The fourth-order valence-corrected chi connectivity index (χ4v) is 3.04. The fourth-order valence-electron chi connectivity index (χ4n) is 2.15. The molecule has 1 N–H and O–H groups in total. The second kappa shape index (κ2) is 7.04. The van der Waals surface area contributed by atoms with Crippen LogP contribution in [0.25, 0.3) is 0 Å². The van der Waals surface area contributed by atoms with Crippen LogP contribution in [0.4, 0.5) is 5.13 Å². The van der Waals surface area contributed by atoms with E-state index in [2.05, 4.69) is 17.2 Å². The predicted molar refractivity (Wildman–Crippen MR) is 79.1 cm³/mol. The molecule has 1 fully saturated rings. The number of aryl methyl sites for hydroxylation is 1. The minimum atomic E-state index is -0.161. The predicted octanol–water partition coefficient (Wildman–Crippen LogP) is 2.62. The number of nitrogens with zero attached hydrogens (tertiary/aromatic N) is 1. The van der Waals surface area contributed by atoms with Gasteiger partial charge in [0.2, 0.25) is 0 Å². The number of ether oxygens (including phenoxy) is 2. The van der Waals surface area contributed by atoms with Gasteiger partial charge in [-0.25, -0.2) is 4.98 Å². The highest BCUT2D eigenvalue weighted by molar-refractivity contribution is 7.13. The van der Waals surface area contributed by atoms with E-state index < -0.39 is 0 Å². The summed E-state index contributed by atoms with van der Waals surface area (Å²) >= 11 is 1.59. The topological polar surface area (TPSA) is 60.5 Å². The molecule has 20 heavy (non-hydrogen) atoms. The van der Waals surface area contributed by atoms with Crippen LogP contribution in [0.5, 0.6) is 0 Å². The van der Waals surface area contributed by atoms with Gasteiger partial charge in [0.25, 0.3) is 0 Å². The molecule has 6 heteroatoms. The summed E-state index contributed by atoms with van der Waals surface area (Å²) in [6.45, 7) is 6.05. The van der Waals surface area contributed by atoms with E-state index in [0.717, 1.165) is 36.9 Å². The monoisotopic (exact) mass is 298 g/mol. The molecular weight excluding hydrogens is 276 g/mol. The Bertz CT molecular complexity index is 441. The van der Waals surface area contributed by atoms with Crippen molar-refractivity contribution in [1.29, 1.82) is 0 Å². The Morgan fingerprint density at radius 2 is 2.30 bits per heavy atom. The molecule has 0 atom stereocenters. The van der Waals surface area contributed by atoms with Gasteiger partial charge < -0.3 is 14.8 Å². The van der Waals surface area contributed by atoms with Crippen molar-refractivity contribution in [3.05, 3.63) is 11.1 Å². The molecule has 1 aliphatic heterocycles. The Morgan fingerprint density at radius 1 is 1.55 bits per heavy atom. The lowest BCUT2D eigenvalue weighted by molar-refractivity contribution is -0.143. The lowest BCUT2D eigenvalue weighted by Gasteiger charge is -2.34. The molecule has 2 rings (SSSR count). The van der Waals surface area contributed by atoms with E-state index in [-0.39, 0.29) is 11.5 Å². The van der Waals surface area contributed by atoms with Gasteiger partial charge in [-0.1, -0.05) is 0 Å². The van der Waals surface area contributed by atoms with Gasteiger partial charge in [-0.15, -0.1) is 11.3 Å². The molecule has 0 aliphatic carbocycles. The first kappa shape index (κ1) is 15.3. The van der Waals surface area contributed by atoms with Gasteiger partial charge in [0, 0.05) is 30.6 Å². The maximum absolute atomic E-state index is 11.3. The number of hydrogen-bond donors (Lipinski definition) is 1. The first-order valence-electron chi connectivity index (χ1n) is 7.07. The number of carbonyl (C=O) groups is 1. The van der Waals surface area contributed by atoms with E-state index in [1.54, 1.807) is 11.3 Å². The Labute approximate surface area is 123 Å². The van der Waals surface area contributed by atoms with Gasteiger partial charge in [0.1, 0.15) is 0 Å². The zero-order valence-corrected chi connectivity index (χ0v) is 12.9. The van der Waals surface area contributed by atoms with Crippen molar-refractivity contribution in [2.24, 2.45) is 0 Å². The van der Waals surface area contributed by atoms with Crippen LogP contribution in [-0.2, 0) is 20.7 Å². The first-order valence-corrected chi connectivity index (χ1v) is 7.95. The largest absolute Gasteiger partial charge is 0.466 e. The molecule has 1 saturated heterocycles. The maximum atomic E-state index is 11.3. The van der Waals surface area contributed by atoms with E-state index in [9.17, 15) is 4.79 Å². The van der Waals surface area contributed by atoms with Gasteiger partial charge in [0.15, 0.2) is 5.13 Å². The Balaban J connectivity index is 1.84. The minimum Gasteiger partial charge on any atom is -0.466 e. The van der Waals surface area contributed by atoms with Crippen molar-refractivity contribution in [3.63, 3.8) is 0 Å². The van der Waals surface area contributed by atoms with Crippen LogP contribution < -0.4 is 5.32 Å². The number of aromatic nitrogens is 1. The Kier molecular flexibility index (Phi) is 5.37. The van der Waals surface area contributed by atoms with Crippen LogP contribution in [0.1, 0.15) is 38.8 Å². The van der Waals surface area contributed by atoms with Crippen molar-refractivity contribution in [3.8, 4) is 0 Å². The number of thiazole rings is 1. The van der Waals surface area contributed by atoms with E-state index in [1.807, 2.05) is 12.3 Å². The second-order valence-corrected chi connectivity index (χ2v) is 6.11. The van der Waals surface area contributed by atoms with E-state index in [0.29, 0.717) is 19.4 Å². The van der Waals surface area contributed by atoms with Crippen LogP contribution in [-0.4, -0.2) is 36.3 Å². The van der Waals surface area contributed by atoms with Crippen LogP contribution in [0.15, 0.2) is 5.38 Å². The standard InChI is InChI=1S/C14H22N2O3S/c1-3-19-12(17)5-4-11-10-20-13(15-11)16-14(2)6-8-18-9-7-14/h10H,3-9H2,1-2H3,(H,15,16). The number of carbonyl (C=O) groups excluding carboxylic acids is 1. The molecule has 0 aromatic carbocycles. The molecular formula is C14H22N2O3S. The summed E-state index contributed by atoms with van der Waals surface area (Å²) in [5.41, 5.74) is 1.01. The van der Waals surface area contributed by atoms with Crippen molar-refractivity contribution >= 4 is 22.4 Å². The SMILES string of the molecule is CCOC(=O)CCc1csc(NC2(C)CCOCC2)n1. The summed E-state index contributed by atoms with van der Waals surface area (Å²) in [4.78, 5) is 15.9. The van der Waals surface area contributed by atoms with E-state index in [1.165, 1.54) is 0 Å². The molecule has 0 spiro atoms. The Morgan fingerprint density at radius 3 is 3.00 bits per heavy atom. The third-order valence-electron chi connectivity index (χ3n) is 3.45. The van der Waals surface area contributed by atoms with Crippen LogP contribution in [0, 0.1) is 0 Å². The highest BCUT2D eigenvalue weighted by atomic mass is 32.1. The molecule has 0 unspecified atom stereocenters. The molecule has 0 amide bonds. The molecule has 112 valence electrons. The van der Waals surface area contributed by atoms with Gasteiger partial charge in [-0.3, -0.25) is 4.79 Å². The van der Waals surface area contributed by atoms with Crippen molar-refractivity contribution in [2.75, 3.05) is 25.1 Å². The summed E-state index contributed by atoms with van der Waals surface area (Å²) in [6, 6.07) is 0. The van der Waals surface area contributed by atoms with Gasteiger partial charge in [0.05, 0.1) is 18.7 Å². The molecule has 5 nitrogen and oxygen atoms in total. The summed E-state index contributed by atoms with van der Waals surface area (Å²) < 4.78 is 10.3. The molecule has 2 heterocycles. The summed E-state index contributed by atoms with van der Waals surface area (Å²) in [7, 11) is 0. The highest BCUT2D eigenvalue weighted by Crippen LogP contribution is 2.27. The summed E-state index contributed by atoms with van der Waals surface area (Å²) in [5, 5.41) is 6.43.